The Labute approximate surface area is 126 Å². The maximum Gasteiger partial charge on any atom is 0.335 e. The summed E-state index contributed by atoms with van der Waals surface area (Å²) in [5, 5.41) is 27.8. The summed E-state index contributed by atoms with van der Waals surface area (Å²) in [4.78, 5) is 30.4. The summed E-state index contributed by atoms with van der Waals surface area (Å²) >= 11 is 0. The molecule has 0 bridgehead atoms. The summed E-state index contributed by atoms with van der Waals surface area (Å²) in [6.45, 7) is 1.55. The Morgan fingerprint density at radius 1 is 1.14 bits per heavy atom. The van der Waals surface area contributed by atoms with Crippen molar-refractivity contribution >= 4 is 17.9 Å². The van der Waals surface area contributed by atoms with Crippen molar-refractivity contribution in [2.45, 2.75) is 25.5 Å². The summed E-state index contributed by atoms with van der Waals surface area (Å²) in [6.07, 6.45) is 0.192. The first-order valence-corrected chi connectivity index (χ1v) is 6.45. The van der Waals surface area contributed by atoms with E-state index in [4.69, 9.17) is 24.9 Å². The Morgan fingerprint density at radius 3 is 2.09 bits per heavy atom. The lowest BCUT2D eigenvalue weighted by Crippen LogP contribution is -2.30. The van der Waals surface area contributed by atoms with Gasteiger partial charge in [-0.25, -0.2) is 4.79 Å². The highest BCUT2D eigenvalue weighted by Gasteiger charge is 2.30. The van der Waals surface area contributed by atoms with Crippen LogP contribution in [0.4, 0.5) is 0 Å². The van der Waals surface area contributed by atoms with Gasteiger partial charge in [0.2, 0.25) is 0 Å². The van der Waals surface area contributed by atoms with Crippen molar-refractivity contribution in [3.05, 3.63) is 29.8 Å². The smallest absolute Gasteiger partial charge is 0.335 e. The van der Waals surface area contributed by atoms with E-state index in [0.29, 0.717) is 18.7 Å². The summed E-state index contributed by atoms with van der Waals surface area (Å²) in [5.74, 6) is -2.17. The van der Waals surface area contributed by atoms with Crippen molar-refractivity contribution in [3.8, 4) is 5.75 Å². The molecule has 0 aromatic heterocycles. The zero-order valence-electron chi connectivity index (χ0n) is 11.9. The quantitative estimate of drug-likeness (QED) is 0.637. The number of hydrogen-bond donors (Lipinski definition) is 4. The molecule has 2 rings (SSSR count). The van der Waals surface area contributed by atoms with Crippen LogP contribution in [0.3, 0.4) is 0 Å². The molecule has 0 radical (unpaired) electrons. The van der Waals surface area contributed by atoms with Crippen molar-refractivity contribution in [2.75, 3.05) is 6.54 Å². The molecule has 1 aliphatic rings. The zero-order chi connectivity index (χ0) is 16.7. The fourth-order valence-corrected chi connectivity index (χ4v) is 1.85. The molecule has 120 valence electrons. The first kappa shape index (κ1) is 17.4. The van der Waals surface area contributed by atoms with E-state index in [1.165, 1.54) is 12.1 Å². The minimum absolute atomic E-state index is 0.190. The van der Waals surface area contributed by atoms with Crippen molar-refractivity contribution in [1.29, 1.82) is 0 Å². The number of carbonyl (C=O) groups is 3. The standard InChI is InChI=1S/C12H13NO5.C2H4O2/c14-11(15)7-1-3-8(4-2-7)18-9-5-10(12(16)17)13-6-9;1-2(3)4/h1-4,9-10,13H,5-6H2,(H,14,15)(H,16,17);1H3,(H,3,4). The number of aliphatic carboxylic acids is 2. The Hall–Kier alpha value is -2.61. The number of carboxylic acid groups (broad SMARTS) is 3. The lowest BCUT2D eigenvalue weighted by Gasteiger charge is -2.12. The van der Waals surface area contributed by atoms with Crippen LogP contribution < -0.4 is 10.1 Å². The van der Waals surface area contributed by atoms with Crippen LogP contribution in [0.2, 0.25) is 0 Å². The second-order valence-electron chi connectivity index (χ2n) is 4.62. The predicted molar refractivity (Wildman–Crippen MR) is 75.2 cm³/mol. The Bertz CT molecular complexity index is 537. The van der Waals surface area contributed by atoms with Crippen LogP contribution in [-0.2, 0) is 9.59 Å². The largest absolute Gasteiger partial charge is 0.489 e. The number of benzene rings is 1. The SMILES string of the molecule is CC(=O)O.O=C(O)c1ccc(OC2CNC(C(=O)O)C2)cc1. The highest BCUT2D eigenvalue weighted by atomic mass is 16.5. The van der Waals surface area contributed by atoms with Gasteiger partial charge in [-0.1, -0.05) is 0 Å². The Morgan fingerprint density at radius 2 is 1.68 bits per heavy atom. The summed E-state index contributed by atoms with van der Waals surface area (Å²) in [6, 6.07) is 5.46. The van der Waals surface area contributed by atoms with Gasteiger partial charge in [-0.05, 0) is 24.3 Å². The van der Waals surface area contributed by atoms with Crippen molar-refractivity contribution < 1.29 is 34.4 Å². The van der Waals surface area contributed by atoms with Crippen LogP contribution >= 0.6 is 0 Å². The third-order valence-corrected chi connectivity index (χ3v) is 2.79. The molecular weight excluding hydrogens is 294 g/mol. The third-order valence-electron chi connectivity index (χ3n) is 2.79. The van der Waals surface area contributed by atoms with Crippen molar-refractivity contribution in [3.63, 3.8) is 0 Å². The minimum Gasteiger partial charge on any atom is -0.489 e. The molecule has 1 saturated heterocycles. The molecule has 1 aromatic carbocycles. The van der Waals surface area contributed by atoms with E-state index in [0.717, 1.165) is 6.92 Å². The molecule has 8 heteroatoms. The maximum absolute atomic E-state index is 10.7. The van der Waals surface area contributed by atoms with Gasteiger partial charge in [0, 0.05) is 19.9 Å². The molecule has 1 fully saturated rings. The van der Waals surface area contributed by atoms with Gasteiger partial charge in [0.25, 0.3) is 5.97 Å². The molecule has 4 N–H and O–H groups in total. The summed E-state index contributed by atoms with van der Waals surface area (Å²) in [5.41, 5.74) is 0.190. The average Bonchev–Trinajstić information content (AvgIpc) is 2.87. The molecule has 0 amide bonds. The van der Waals surface area contributed by atoms with E-state index in [1.807, 2.05) is 0 Å². The van der Waals surface area contributed by atoms with Gasteiger partial charge in [-0.15, -0.1) is 0 Å². The average molecular weight is 311 g/mol. The van der Waals surface area contributed by atoms with Crippen molar-refractivity contribution in [1.82, 2.24) is 5.32 Å². The number of carboxylic acids is 3. The van der Waals surface area contributed by atoms with E-state index >= 15 is 0 Å². The monoisotopic (exact) mass is 311 g/mol. The van der Waals surface area contributed by atoms with E-state index in [2.05, 4.69) is 5.32 Å². The number of aromatic carboxylic acids is 1. The second kappa shape index (κ2) is 7.99. The number of nitrogens with one attached hydrogen (secondary N) is 1. The van der Waals surface area contributed by atoms with Crippen LogP contribution in [0.15, 0.2) is 24.3 Å². The molecule has 0 aliphatic carbocycles. The van der Waals surface area contributed by atoms with Crippen LogP contribution in [0, 0.1) is 0 Å². The second-order valence-corrected chi connectivity index (χ2v) is 4.62. The first-order chi connectivity index (χ1) is 10.3. The van der Waals surface area contributed by atoms with Crippen LogP contribution in [0.5, 0.6) is 5.75 Å². The molecule has 8 nitrogen and oxygen atoms in total. The number of ether oxygens (including phenoxy) is 1. The van der Waals surface area contributed by atoms with Gasteiger partial charge in [0.15, 0.2) is 0 Å². The fraction of sp³-hybridized carbons (Fsp3) is 0.357. The lowest BCUT2D eigenvalue weighted by atomic mass is 10.2. The van der Waals surface area contributed by atoms with Crippen LogP contribution in [0.1, 0.15) is 23.7 Å². The molecule has 22 heavy (non-hydrogen) atoms. The number of rotatable bonds is 4. The van der Waals surface area contributed by atoms with Gasteiger partial charge in [0.1, 0.15) is 17.9 Å². The zero-order valence-corrected chi connectivity index (χ0v) is 11.9. The maximum atomic E-state index is 10.7. The van der Waals surface area contributed by atoms with Gasteiger partial charge in [0.05, 0.1) is 5.56 Å². The molecule has 0 spiro atoms. The summed E-state index contributed by atoms with van der Waals surface area (Å²) < 4.78 is 5.57. The minimum atomic E-state index is -0.991. The van der Waals surface area contributed by atoms with E-state index < -0.39 is 23.9 Å². The van der Waals surface area contributed by atoms with E-state index in [-0.39, 0.29) is 11.7 Å². The van der Waals surface area contributed by atoms with Crippen LogP contribution in [0.25, 0.3) is 0 Å². The van der Waals surface area contributed by atoms with E-state index in [9.17, 15) is 9.59 Å². The normalized spacial score (nSPS) is 19.7. The molecule has 1 aromatic rings. The van der Waals surface area contributed by atoms with Crippen LogP contribution in [-0.4, -0.2) is 51.9 Å². The summed E-state index contributed by atoms with van der Waals surface area (Å²) in [7, 11) is 0. The molecule has 1 aliphatic heterocycles. The molecular formula is C14H17NO7. The van der Waals surface area contributed by atoms with Gasteiger partial charge in [-0.2, -0.15) is 0 Å². The fourth-order valence-electron chi connectivity index (χ4n) is 1.85. The molecule has 1 heterocycles. The lowest BCUT2D eigenvalue weighted by molar-refractivity contribution is -0.139. The molecule has 2 unspecified atom stereocenters. The van der Waals surface area contributed by atoms with Crippen molar-refractivity contribution in [2.24, 2.45) is 0 Å². The van der Waals surface area contributed by atoms with Gasteiger partial charge in [-0.3, -0.25) is 9.59 Å². The third kappa shape index (κ3) is 5.80. The predicted octanol–water partition coefficient (Wildman–Crippen LogP) is 0.670. The first-order valence-electron chi connectivity index (χ1n) is 6.45. The Kier molecular flexibility index (Phi) is 6.33. The highest BCUT2D eigenvalue weighted by Crippen LogP contribution is 2.18. The Balaban J connectivity index is 0.000000541. The van der Waals surface area contributed by atoms with Gasteiger partial charge >= 0.3 is 11.9 Å². The molecule has 0 saturated carbocycles. The highest BCUT2D eigenvalue weighted by molar-refractivity contribution is 5.87. The van der Waals surface area contributed by atoms with E-state index in [1.54, 1.807) is 12.1 Å². The molecule has 2 atom stereocenters. The topological polar surface area (TPSA) is 133 Å². The van der Waals surface area contributed by atoms with Gasteiger partial charge < -0.3 is 25.4 Å². The number of hydrogen-bond acceptors (Lipinski definition) is 5.